The fraction of sp³-hybridized carbons (Fsp3) is 0.0769. The molecular formula is C13H10F3NO2S. The van der Waals surface area contributed by atoms with E-state index in [9.17, 15) is 21.6 Å². The van der Waals surface area contributed by atoms with E-state index in [0.29, 0.717) is 0 Å². The standard InChI is InChI=1S/C13H10F3NO2S/c14-13(15,16)10-6-8-11(9-7-10)17-20(18,19)12-4-2-1-3-5-12/h1-9,17H. The Hall–Kier alpha value is -2.02. The molecule has 0 saturated heterocycles. The highest BCUT2D eigenvalue weighted by Crippen LogP contribution is 2.30. The average Bonchev–Trinajstić information content (AvgIpc) is 2.39. The minimum Gasteiger partial charge on any atom is -0.280 e. The van der Waals surface area contributed by atoms with Gasteiger partial charge in [0.1, 0.15) is 0 Å². The third-order valence-corrected chi connectivity index (χ3v) is 3.92. The Bertz CT molecular complexity index is 680. The van der Waals surface area contributed by atoms with Crippen molar-refractivity contribution >= 4 is 15.7 Å². The van der Waals surface area contributed by atoms with Gasteiger partial charge >= 0.3 is 6.18 Å². The van der Waals surface area contributed by atoms with Crippen molar-refractivity contribution in [3.8, 4) is 0 Å². The number of halogens is 3. The second-order valence-electron chi connectivity index (χ2n) is 3.99. The predicted octanol–water partition coefficient (Wildman–Crippen LogP) is 3.51. The molecule has 0 aromatic heterocycles. The zero-order valence-corrected chi connectivity index (χ0v) is 10.9. The summed E-state index contributed by atoms with van der Waals surface area (Å²) in [6.07, 6.45) is -4.45. The Balaban J connectivity index is 2.23. The fourth-order valence-corrected chi connectivity index (χ4v) is 2.62. The van der Waals surface area contributed by atoms with Gasteiger partial charge in [0.15, 0.2) is 0 Å². The molecule has 0 radical (unpaired) electrons. The van der Waals surface area contributed by atoms with Crippen LogP contribution >= 0.6 is 0 Å². The Kier molecular flexibility index (Phi) is 3.71. The number of anilines is 1. The van der Waals surface area contributed by atoms with Crippen molar-refractivity contribution in [2.24, 2.45) is 0 Å². The van der Waals surface area contributed by atoms with Crippen molar-refractivity contribution in [2.45, 2.75) is 11.1 Å². The van der Waals surface area contributed by atoms with E-state index in [1.807, 2.05) is 0 Å². The molecule has 3 nitrogen and oxygen atoms in total. The van der Waals surface area contributed by atoms with Gasteiger partial charge in [-0.1, -0.05) is 18.2 Å². The summed E-state index contributed by atoms with van der Waals surface area (Å²) in [5.74, 6) is 0. The third-order valence-electron chi connectivity index (χ3n) is 2.52. The molecule has 0 aliphatic carbocycles. The van der Waals surface area contributed by atoms with Crippen molar-refractivity contribution in [1.82, 2.24) is 0 Å². The summed E-state index contributed by atoms with van der Waals surface area (Å²) in [4.78, 5) is 0.0416. The minimum absolute atomic E-state index is 0.0416. The highest BCUT2D eigenvalue weighted by molar-refractivity contribution is 7.92. The third kappa shape index (κ3) is 3.30. The molecule has 0 atom stereocenters. The van der Waals surface area contributed by atoms with E-state index in [1.54, 1.807) is 18.2 Å². The topological polar surface area (TPSA) is 46.2 Å². The van der Waals surface area contributed by atoms with Crippen molar-refractivity contribution in [1.29, 1.82) is 0 Å². The summed E-state index contributed by atoms with van der Waals surface area (Å²) in [7, 11) is -3.79. The monoisotopic (exact) mass is 301 g/mol. The lowest BCUT2D eigenvalue weighted by Gasteiger charge is -2.10. The second kappa shape index (κ2) is 5.16. The van der Waals surface area contributed by atoms with Crippen molar-refractivity contribution in [2.75, 3.05) is 4.72 Å². The van der Waals surface area contributed by atoms with Crippen LogP contribution < -0.4 is 4.72 Å². The van der Waals surface area contributed by atoms with Gasteiger partial charge < -0.3 is 0 Å². The molecule has 0 fully saturated rings. The number of sulfonamides is 1. The number of hydrogen-bond donors (Lipinski definition) is 1. The van der Waals surface area contributed by atoms with Crippen molar-refractivity contribution in [3.63, 3.8) is 0 Å². The molecule has 0 bridgehead atoms. The summed E-state index contributed by atoms with van der Waals surface area (Å²) in [5, 5.41) is 0. The van der Waals surface area contributed by atoms with Crippen molar-refractivity contribution in [3.05, 3.63) is 60.2 Å². The van der Waals surface area contributed by atoms with Crippen LogP contribution in [0.15, 0.2) is 59.5 Å². The lowest BCUT2D eigenvalue weighted by molar-refractivity contribution is -0.137. The summed E-state index contributed by atoms with van der Waals surface area (Å²) in [6, 6.07) is 11.4. The Morgan fingerprint density at radius 3 is 1.90 bits per heavy atom. The molecule has 106 valence electrons. The van der Waals surface area contributed by atoms with E-state index in [4.69, 9.17) is 0 Å². The molecular weight excluding hydrogens is 291 g/mol. The predicted molar refractivity (Wildman–Crippen MR) is 68.7 cm³/mol. The first-order valence-corrected chi connectivity index (χ1v) is 7.02. The molecule has 0 heterocycles. The van der Waals surface area contributed by atoms with E-state index < -0.39 is 21.8 Å². The highest BCUT2D eigenvalue weighted by atomic mass is 32.2. The minimum atomic E-state index is -4.45. The number of nitrogens with one attached hydrogen (secondary N) is 1. The molecule has 2 rings (SSSR count). The first-order chi connectivity index (χ1) is 9.29. The van der Waals surface area contributed by atoms with Gasteiger partial charge in [0, 0.05) is 5.69 Å². The summed E-state index contributed by atoms with van der Waals surface area (Å²) >= 11 is 0. The normalized spacial score (nSPS) is 12.2. The van der Waals surface area contributed by atoms with E-state index >= 15 is 0 Å². The maximum atomic E-state index is 12.4. The zero-order valence-electron chi connectivity index (χ0n) is 10.1. The first kappa shape index (κ1) is 14.4. The summed E-state index contributed by atoms with van der Waals surface area (Å²) in [5.41, 5.74) is -0.762. The quantitative estimate of drug-likeness (QED) is 0.943. The Morgan fingerprint density at radius 2 is 1.40 bits per heavy atom. The van der Waals surface area contributed by atoms with Crippen LogP contribution in [0.25, 0.3) is 0 Å². The van der Waals surface area contributed by atoms with E-state index in [1.165, 1.54) is 12.1 Å². The van der Waals surface area contributed by atoms with Crippen LogP contribution in [-0.2, 0) is 16.2 Å². The van der Waals surface area contributed by atoms with Gasteiger partial charge in [-0.25, -0.2) is 8.42 Å². The molecule has 20 heavy (non-hydrogen) atoms. The molecule has 0 amide bonds. The SMILES string of the molecule is O=S(=O)(Nc1ccc(C(F)(F)F)cc1)c1ccccc1. The van der Waals surface area contributed by atoms with Gasteiger partial charge in [-0.2, -0.15) is 13.2 Å². The number of alkyl halides is 3. The van der Waals surface area contributed by atoms with Crippen LogP contribution in [0, 0.1) is 0 Å². The van der Waals surface area contributed by atoms with E-state index in [0.717, 1.165) is 24.3 Å². The molecule has 0 aliphatic rings. The van der Waals surface area contributed by atoms with Gasteiger partial charge in [-0.3, -0.25) is 4.72 Å². The lowest BCUT2D eigenvalue weighted by Crippen LogP contribution is -2.13. The maximum Gasteiger partial charge on any atom is 0.416 e. The van der Waals surface area contributed by atoms with Gasteiger partial charge in [0.05, 0.1) is 10.5 Å². The van der Waals surface area contributed by atoms with Crippen LogP contribution in [0.3, 0.4) is 0 Å². The molecule has 2 aromatic carbocycles. The molecule has 0 aliphatic heterocycles. The second-order valence-corrected chi connectivity index (χ2v) is 5.68. The van der Waals surface area contributed by atoms with Gasteiger partial charge in [0.2, 0.25) is 0 Å². The largest absolute Gasteiger partial charge is 0.416 e. The van der Waals surface area contributed by atoms with Crippen LogP contribution in [0.2, 0.25) is 0 Å². The first-order valence-electron chi connectivity index (χ1n) is 5.54. The fourth-order valence-electron chi connectivity index (χ4n) is 1.54. The molecule has 0 unspecified atom stereocenters. The smallest absolute Gasteiger partial charge is 0.280 e. The zero-order chi connectivity index (χ0) is 14.8. The summed E-state index contributed by atoms with van der Waals surface area (Å²) in [6.45, 7) is 0. The molecule has 7 heteroatoms. The maximum absolute atomic E-state index is 12.4. The van der Waals surface area contributed by atoms with Gasteiger partial charge in [-0.15, -0.1) is 0 Å². The number of benzene rings is 2. The summed E-state index contributed by atoms with van der Waals surface area (Å²) < 4.78 is 63.3. The Labute approximate surface area is 114 Å². The number of rotatable bonds is 3. The van der Waals surface area contributed by atoms with E-state index in [2.05, 4.69) is 4.72 Å². The van der Waals surface area contributed by atoms with Crippen LogP contribution in [0.5, 0.6) is 0 Å². The molecule has 1 N–H and O–H groups in total. The van der Waals surface area contributed by atoms with Gasteiger partial charge in [-0.05, 0) is 36.4 Å². The molecule has 0 saturated carbocycles. The van der Waals surface area contributed by atoms with E-state index in [-0.39, 0.29) is 10.6 Å². The van der Waals surface area contributed by atoms with Crippen LogP contribution in [0.4, 0.5) is 18.9 Å². The highest BCUT2D eigenvalue weighted by Gasteiger charge is 2.30. The van der Waals surface area contributed by atoms with Gasteiger partial charge in [0.25, 0.3) is 10.0 Å². The average molecular weight is 301 g/mol. The number of hydrogen-bond acceptors (Lipinski definition) is 2. The molecule has 0 spiro atoms. The molecule has 2 aromatic rings. The Morgan fingerprint density at radius 1 is 0.850 bits per heavy atom. The van der Waals surface area contributed by atoms with Crippen LogP contribution in [0.1, 0.15) is 5.56 Å². The van der Waals surface area contributed by atoms with Crippen molar-refractivity contribution < 1.29 is 21.6 Å². The van der Waals surface area contributed by atoms with Crippen LogP contribution in [-0.4, -0.2) is 8.42 Å². The lowest BCUT2D eigenvalue weighted by atomic mass is 10.2.